The molecule has 0 aromatic heterocycles. The summed E-state index contributed by atoms with van der Waals surface area (Å²) in [6.45, 7) is 0. The predicted octanol–water partition coefficient (Wildman–Crippen LogP) is 3.03. The van der Waals surface area contributed by atoms with Crippen LogP contribution in [0.15, 0.2) is 48.5 Å². The average Bonchev–Trinajstić information content (AvgIpc) is 2.48. The highest BCUT2D eigenvalue weighted by atomic mass is 16.6. The first-order valence-corrected chi connectivity index (χ1v) is 6.01. The van der Waals surface area contributed by atoms with Crippen LogP contribution in [0.1, 0.15) is 15.9 Å². The van der Waals surface area contributed by atoms with Crippen LogP contribution in [0.5, 0.6) is 5.75 Å². The van der Waals surface area contributed by atoms with E-state index in [1.54, 1.807) is 18.2 Å². The third-order valence-electron chi connectivity index (χ3n) is 2.92. The van der Waals surface area contributed by atoms with E-state index in [9.17, 15) is 14.9 Å². The molecule has 0 N–H and O–H groups in total. The van der Waals surface area contributed by atoms with Gasteiger partial charge < -0.3 is 4.74 Å². The SMILES string of the molecule is COc1ccccc1CC(=O)c1cccc([N+](=O)[O-])c1. The third kappa shape index (κ3) is 3.00. The maximum Gasteiger partial charge on any atom is 0.270 e. The Labute approximate surface area is 116 Å². The number of nitrogens with zero attached hydrogens (tertiary/aromatic N) is 1. The molecule has 0 atom stereocenters. The summed E-state index contributed by atoms with van der Waals surface area (Å²) in [4.78, 5) is 22.4. The summed E-state index contributed by atoms with van der Waals surface area (Å²) in [6.07, 6.45) is 0.144. The Morgan fingerprint density at radius 1 is 1.20 bits per heavy atom. The summed E-state index contributed by atoms with van der Waals surface area (Å²) in [5, 5.41) is 10.7. The van der Waals surface area contributed by atoms with Crippen LogP contribution in [0.2, 0.25) is 0 Å². The first-order valence-electron chi connectivity index (χ1n) is 6.01. The molecule has 0 unspecified atom stereocenters. The van der Waals surface area contributed by atoms with Crippen molar-refractivity contribution in [3.63, 3.8) is 0 Å². The van der Waals surface area contributed by atoms with Gasteiger partial charge in [0.2, 0.25) is 0 Å². The molecule has 102 valence electrons. The highest BCUT2D eigenvalue weighted by Gasteiger charge is 2.13. The number of nitro benzene ring substituents is 1. The van der Waals surface area contributed by atoms with Crippen molar-refractivity contribution in [2.45, 2.75) is 6.42 Å². The van der Waals surface area contributed by atoms with Crippen molar-refractivity contribution in [3.8, 4) is 5.75 Å². The highest BCUT2D eigenvalue weighted by Crippen LogP contribution is 2.20. The molecule has 2 rings (SSSR count). The van der Waals surface area contributed by atoms with E-state index in [0.717, 1.165) is 5.56 Å². The number of non-ortho nitro benzene ring substituents is 1. The van der Waals surface area contributed by atoms with E-state index in [2.05, 4.69) is 0 Å². The largest absolute Gasteiger partial charge is 0.496 e. The van der Waals surface area contributed by atoms with E-state index in [0.29, 0.717) is 11.3 Å². The Hall–Kier alpha value is -2.69. The molecule has 0 bridgehead atoms. The summed E-state index contributed by atoms with van der Waals surface area (Å²) in [7, 11) is 1.54. The van der Waals surface area contributed by atoms with Crippen LogP contribution >= 0.6 is 0 Å². The van der Waals surface area contributed by atoms with Crippen LogP contribution < -0.4 is 4.74 Å². The number of hydrogen-bond donors (Lipinski definition) is 0. The maximum absolute atomic E-state index is 12.2. The van der Waals surface area contributed by atoms with Crippen molar-refractivity contribution in [3.05, 3.63) is 69.8 Å². The topological polar surface area (TPSA) is 69.4 Å². The zero-order valence-electron chi connectivity index (χ0n) is 10.9. The monoisotopic (exact) mass is 271 g/mol. The van der Waals surface area contributed by atoms with Crippen molar-refractivity contribution in [1.29, 1.82) is 0 Å². The van der Waals surface area contributed by atoms with E-state index in [4.69, 9.17) is 4.74 Å². The van der Waals surface area contributed by atoms with Gasteiger partial charge in [0.15, 0.2) is 5.78 Å². The highest BCUT2D eigenvalue weighted by molar-refractivity contribution is 5.98. The number of rotatable bonds is 5. The summed E-state index contributed by atoms with van der Waals surface area (Å²) in [5.74, 6) is 0.449. The smallest absolute Gasteiger partial charge is 0.270 e. The number of ketones is 1. The van der Waals surface area contributed by atoms with Gasteiger partial charge in [0.1, 0.15) is 5.75 Å². The van der Waals surface area contributed by atoms with Crippen molar-refractivity contribution in [2.24, 2.45) is 0 Å². The summed E-state index contributed by atoms with van der Waals surface area (Å²) < 4.78 is 5.18. The molecule has 0 amide bonds. The fraction of sp³-hybridized carbons (Fsp3) is 0.133. The number of benzene rings is 2. The molecule has 0 radical (unpaired) electrons. The quantitative estimate of drug-likeness (QED) is 0.476. The van der Waals surface area contributed by atoms with Gasteiger partial charge in [-0.25, -0.2) is 0 Å². The van der Waals surface area contributed by atoms with Crippen molar-refractivity contribution in [2.75, 3.05) is 7.11 Å². The average molecular weight is 271 g/mol. The summed E-state index contributed by atoms with van der Waals surface area (Å²) in [5.41, 5.74) is 0.993. The minimum Gasteiger partial charge on any atom is -0.496 e. The Kier molecular flexibility index (Phi) is 4.10. The zero-order chi connectivity index (χ0) is 14.5. The van der Waals surface area contributed by atoms with Crippen molar-refractivity contribution >= 4 is 11.5 Å². The van der Waals surface area contributed by atoms with Crippen molar-refractivity contribution < 1.29 is 14.5 Å². The number of carbonyl (C=O) groups is 1. The summed E-state index contributed by atoms with van der Waals surface area (Å²) >= 11 is 0. The van der Waals surface area contributed by atoms with E-state index >= 15 is 0 Å². The van der Waals surface area contributed by atoms with Gasteiger partial charge in [-0.2, -0.15) is 0 Å². The second-order valence-electron chi connectivity index (χ2n) is 4.22. The molecule has 5 nitrogen and oxygen atoms in total. The zero-order valence-corrected chi connectivity index (χ0v) is 10.9. The first-order chi connectivity index (χ1) is 9.61. The minimum atomic E-state index is -0.514. The van der Waals surface area contributed by atoms with Gasteiger partial charge >= 0.3 is 0 Å². The number of para-hydroxylation sites is 1. The van der Waals surface area contributed by atoms with E-state index < -0.39 is 4.92 Å². The molecular formula is C15H13NO4. The van der Waals surface area contributed by atoms with Crippen molar-refractivity contribution in [1.82, 2.24) is 0 Å². The van der Waals surface area contributed by atoms with E-state index in [1.165, 1.54) is 25.3 Å². The molecular weight excluding hydrogens is 258 g/mol. The van der Waals surface area contributed by atoms with E-state index in [1.807, 2.05) is 12.1 Å². The lowest BCUT2D eigenvalue weighted by molar-refractivity contribution is -0.384. The van der Waals surface area contributed by atoms with Crippen LogP contribution in [0.3, 0.4) is 0 Å². The van der Waals surface area contributed by atoms with Gasteiger partial charge in [-0.15, -0.1) is 0 Å². The molecule has 0 fully saturated rings. The molecule has 0 aliphatic heterocycles. The number of carbonyl (C=O) groups excluding carboxylic acids is 1. The molecule has 20 heavy (non-hydrogen) atoms. The Morgan fingerprint density at radius 2 is 1.95 bits per heavy atom. The molecule has 0 heterocycles. The van der Waals surface area contributed by atoms with Gasteiger partial charge in [0.25, 0.3) is 5.69 Å². The number of ether oxygens (including phenoxy) is 1. The molecule has 0 saturated carbocycles. The third-order valence-corrected chi connectivity index (χ3v) is 2.92. The number of hydrogen-bond acceptors (Lipinski definition) is 4. The van der Waals surface area contributed by atoms with Gasteiger partial charge in [-0.1, -0.05) is 30.3 Å². The second-order valence-corrected chi connectivity index (χ2v) is 4.22. The Bertz CT molecular complexity index is 652. The van der Waals surface area contributed by atoms with Gasteiger partial charge in [-0.05, 0) is 6.07 Å². The molecule has 0 spiro atoms. The van der Waals surface area contributed by atoms with Gasteiger partial charge in [0, 0.05) is 29.7 Å². The lowest BCUT2D eigenvalue weighted by Gasteiger charge is -2.07. The fourth-order valence-corrected chi connectivity index (χ4v) is 1.92. The number of methoxy groups -OCH3 is 1. The number of Topliss-reactive ketones (excluding diaryl/α,β-unsaturated/α-hetero) is 1. The van der Waals surface area contributed by atoms with Gasteiger partial charge in [-0.3, -0.25) is 14.9 Å². The van der Waals surface area contributed by atoms with Crippen LogP contribution in [-0.2, 0) is 6.42 Å². The normalized spacial score (nSPS) is 10.1. The predicted molar refractivity (Wildman–Crippen MR) is 74.1 cm³/mol. The van der Waals surface area contributed by atoms with E-state index in [-0.39, 0.29) is 17.9 Å². The van der Waals surface area contributed by atoms with Crippen LogP contribution in [0.4, 0.5) is 5.69 Å². The molecule has 5 heteroatoms. The van der Waals surface area contributed by atoms with Crippen LogP contribution in [0, 0.1) is 10.1 Å². The second kappa shape index (κ2) is 5.97. The molecule has 0 aliphatic rings. The van der Waals surface area contributed by atoms with Gasteiger partial charge in [0.05, 0.1) is 12.0 Å². The molecule has 2 aromatic rings. The van der Waals surface area contributed by atoms with Crippen LogP contribution in [-0.4, -0.2) is 17.8 Å². The maximum atomic E-state index is 12.2. The number of nitro groups is 1. The molecule has 2 aromatic carbocycles. The summed E-state index contributed by atoms with van der Waals surface area (Å²) in [6, 6.07) is 12.9. The molecule has 0 aliphatic carbocycles. The lowest BCUT2D eigenvalue weighted by Crippen LogP contribution is -2.05. The van der Waals surface area contributed by atoms with Crippen LogP contribution in [0.25, 0.3) is 0 Å². The molecule has 0 saturated heterocycles. The Morgan fingerprint density at radius 3 is 2.65 bits per heavy atom. The first kappa shape index (κ1) is 13.7. The lowest BCUT2D eigenvalue weighted by atomic mass is 10.0. The Balaban J connectivity index is 2.24. The minimum absolute atomic E-state index is 0.0872. The standard InChI is InChI=1S/C15H13NO4/c1-20-15-8-3-2-5-12(15)10-14(17)11-6-4-7-13(9-11)16(18)19/h2-9H,10H2,1H3. The fourth-order valence-electron chi connectivity index (χ4n) is 1.92.